The van der Waals surface area contributed by atoms with Gasteiger partial charge < -0.3 is 19.5 Å². The predicted molar refractivity (Wildman–Crippen MR) is 111 cm³/mol. The lowest BCUT2D eigenvalue weighted by molar-refractivity contribution is 0.229. The lowest BCUT2D eigenvalue weighted by atomic mass is 9.88. The Morgan fingerprint density at radius 1 is 1.07 bits per heavy atom. The summed E-state index contributed by atoms with van der Waals surface area (Å²) in [5.41, 5.74) is 3.57. The fraction of sp³-hybridized carbons (Fsp3) is 0.476. The van der Waals surface area contributed by atoms with E-state index in [9.17, 15) is 0 Å². The SMILES string of the molecule is COBN(C)[C@H]1CC[C@H](NCc2cc(-c3ccncc3)ccc2OC)CC1. The van der Waals surface area contributed by atoms with Gasteiger partial charge in [0.1, 0.15) is 5.75 Å². The van der Waals surface area contributed by atoms with Crippen LogP contribution in [0.25, 0.3) is 11.1 Å². The van der Waals surface area contributed by atoms with Gasteiger partial charge in [0.05, 0.1) is 7.11 Å². The lowest BCUT2D eigenvalue weighted by Crippen LogP contribution is -2.42. The van der Waals surface area contributed by atoms with Crippen LogP contribution in [-0.2, 0) is 11.2 Å². The molecule has 0 radical (unpaired) electrons. The molecule has 1 fully saturated rings. The molecular weight excluding hydrogens is 337 g/mol. The first-order chi connectivity index (χ1) is 13.2. The van der Waals surface area contributed by atoms with E-state index in [1.165, 1.54) is 42.4 Å². The molecule has 144 valence electrons. The van der Waals surface area contributed by atoms with Crippen molar-refractivity contribution >= 4 is 7.62 Å². The Bertz CT molecular complexity index is 706. The fourth-order valence-electron chi connectivity index (χ4n) is 3.92. The fourth-order valence-corrected chi connectivity index (χ4v) is 3.92. The molecule has 3 rings (SSSR count). The van der Waals surface area contributed by atoms with Gasteiger partial charge in [0.15, 0.2) is 0 Å². The number of aromatic nitrogens is 1. The van der Waals surface area contributed by atoms with Crippen LogP contribution in [0.3, 0.4) is 0 Å². The quantitative estimate of drug-likeness (QED) is 0.727. The highest BCUT2D eigenvalue weighted by atomic mass is 16.5. The van der Waals surface area contributed by atoms with Crippen molar-refractivity contribution in [3.63, 3.8) is 0 Å². The smallest absolute Gasteiger partial charge is 0.363 e. The molecule has 6 heteroatoms. The Balaban J connectivity index is 1.59. The number of pyridine rings is 1. The zero-order valence-corrected chi connectivity index (χ0v) is 16.6. The van der Waals surface area contributed by atoms with E-state index in [0.29, 0.717) is 19.7 Å². The summed E-state index contributed by atoms with van der Waals surface area (Å²) in [5, 5.41) is 3.74. The van der Waals surface area contributed by atoms with E-state index in [-0.39, 0.29) is 0 Å². The van der Waals surface area contributed by atoms with Gasteiger partial charge in [-0.3, -0.25) is 4.98 Å². The van der Waals surface area contributed by atoms with Crippen molar-refractivity contribution in [2.45, 2.75) is 44.3 Å². The second-order valence-electron chi connectivity index (χ2n) is 7.32. The van der Waals surface area contributed by atoms with Crippen LogP contribution in [-0.4, -0.2) is 50.8 Å². The molecule has 27 heavy (non-hydrogen) atoms. The summed E-state index contributed by atoms with van der Waals surface area (Å²) in [4.78, 5) is 6.42. The first-order valence-electron chi connectivity index (χ1n) is 9.71. The summed E-state index contributed by atoms with van der Waals surface area (Å²) in [6.07, 6.45) is 8.49. The van der Waals surface area contributed by atoms with Gasteiger partial charge >= 0.3 is 7.62 Å². The maximum Gasteiger partial charge on any atom is 0.363 e. The first-order valence-corrected chi connectivity index (χ1v) is 9.71. The Labute approximate surface area is 163 Å². The molecule has 0 aliphatic heterocycles. The molecule has 1 aromatic heterocycles. The number of hydrogen-bond donors (Lipinski definition) is 1. The van der Waals surface area contributed by atoms with E-state index in [1.807, 2.05) is 24.5 Å². The Kier molecular flexibility index (Phi) is 7.27. The molecule has 1 heterocycles. The number of methoxy groups -OCH3 is 1. The topological polar surface area (TPSA) is 46.6 Å². The zero-order valence-electron chi connectivity index (χ0n) is 16.6. The molecule has 0 bridgehead atoms. The minimum absolute atomic E-state index is 0.562. The molecular formula is C21H30BN3O2. The summed E-state index contributed by atoms with van der Waals surface area (Å²) in [6, 6.07) is 11.7. The molecule has 1 aliphatic carbocycles. The molecule has 0 amide bonds. The van der Waals surface area contributed by atoms with E-state index >= 15 is 0 Å². The van der Waals surface area contributed by atoms with Crippen molar-refractivity contribution in [3.05, 3.63) is 48.3 Å². The van der Waals surface area contributed by atoms with Crippen LogP contribution in [0, 0.1) is 0 Å². The van der Waals surface area contributed by atoms with E-state index < -0.39 is 0 Å². The molecule has 5 nitrogen and oxygen atoms in total. The number of nitrogens with zero attached hydrogens (tertiary/aromatic N) is 2. The molecule has 1 saturated carbocycles. The molecule has 0 spiro atoms. The normalized spacial score (nSPS) is 19.9. The van der Waals surface area contributed by atoms with Crippen molar-refractivity contribution in [2.24, 2.45) is 0 Å². The Morgan fingerprint density at radius 2 is 1.81 bits per heavy atom. The zero-order chi connectivity index (χ0) is 19.1. The van der Waals surface area contributed by atoms with Crippen LogP contribution in [0.5, 0.6) is 5.75 Å². The van der Waals surface area contributed by atoms with Gasteiger partial charge in [-0.2, -0.15) is 0 Å². The van der Waals surface area contributed by atoms with Gasteiger partial charge in [-0.1, -0.05) is 6.07 Å². The van der Waals surface area contributed by atoms with Gasteiger partial charge in [-0.25, -0.2) is 0 Å². The second kappa shape index (κ2) is 9.88. The second-order valence-corrected chi connectivity index (χ2v) is 7.32. The Morgan fingerprint density at radius 3 is 2.48 bits per heavy atom. The van der Waals surface area contributed by atoms with Gasteiger partial charge in [0.25, 0.3) is 0 Å². The molecule has 0 unspecified atom stereocenters. The summed E-state index contributed by atoms with van der Waals surface area (Å²) >= 11 is 0. The summed E-state index contributed by atoms with van der Waals surface area (Å²) in [6.45, 7) is 0.825. The van der Waals surface area contributed by atoms with Crippen molar-refractivity contribution in [1.82, 2.24) is 15.1 Å². The van der Waals surface area contributed by atoms with E-state index in [4.69, 9.17) is 9.39 Å². The van der Waals surface area contributed by atoms with Crippen LogP contribution in [0.1, 0.15) is 31.2 Å². The first kappa shape index (κ1) is 19.9. The molecule has 0 atom stereocenters. The van der Waals surface area contributed by atoms with Gasteiger partial charge in [-0.15, -0.1) is 0 Å². The highest BCUT2D eigenvalue weighted by molar-refractivity contribution is 6.23. The van der Waals surface area contributed by atoms with Gasteiger partial charge in [0, 0.05) is 43.7 Å². The van der Waals surface area contributed by atoms with Crippen LogP contribution < -0.4 is 10.1 Å². The number of ether oxygens (including phenoxy) is 1. The van der Waals surface area contributed by atoms with Crippen molar-refractivity contribution < 1.29 is 9.39 Å². The van der Waals surface area contributed by atoms with E-state index in [1.54, 1.807) is 14.2 Å². The largest absolute Gasteiger partial charge is 0.496 e. The minimum atomic E-state index is 0.562. The third-order valence-electron chi connectivity index (χ3n) is 5.53. The number of benzene rings is 1. The Hall–Kier alpha value is -1.89. The number of rotatable bonds is 8. The monoisotopic (exact) mass is 367 g/mol. The third-order valence-corrected chi connectivity index (χ3v) is 5.53. The molecule has 1 aliphatic rings. The molecule has 1 N–H and O–H groups in total. The minimum Gasteiger partial charge on any atom is -0.496 e. The molecule has 2 aromatic rings. The summed E-state index contributed by atoms with van der Waals surface area (Å²) in [7, 11) is 6.36. The highest BCUT2D eigenvalue weighted by Crippen LogP contribution is 2.27. The van der Waals surface area contributed by atoms with Crippen LogP contribution in [0.15, 0.2) is 42.7 Å². The summed E-state index contributed by atoms with van der Waals surface area (Å²) in [5.74, 6) is 0.939. The highest BCUT2D eigenvalue weighted by Gasteiger charge is 2.24. The average molecular weight is 367 g/mol. The third kappa shape index (κ3) is 5.31. The van der Waals surface area contributed by atoms with Crippen LogP contribution in [0.4, 0.5) is 0 Å². The average Bonchev–Trinajstić information content (AvgIpc) is 2.73. The molecule has 1 aromatic carbocycles. The standard InChI is InChI=1S/C21H30BN3O2/c1-25(22-27-3)20-7-5-19(6-8-20)24-15-18-14-17(4-9-21(18)26-2)16-10-12-23-13-11-16/h4,9-14,19-20,22,24H,5-8,15H2,1-3H3/t19-,20-. The number of hydrogen-bond acceptors (Lipinski definition) is 5. The van der Waals surface area contributed by atoms with Gasteiger partial charge in [0.2, 0.25) is 0 Å². The molecule has 0 saturated heterocycles. The van der Waals surface area contributed by atoms with Crippen LogP contribution >= 0.6 is 0 Å². The predicted octanol–water partition coefficient (Wildman–Crippen LogP) is 3.00. The van der Waals surface area contributed by atoms with Crippen molar-refractivity contribution in [2.75, 3.05) is 21.3 Å². The van der Waals surface area contributed by atoms with Crippen molar-refractivity contribution in [3.8, 4) is 16.9 Å². The number of nitrogens with one attached hydrogen (secondary N) is 1. The van der Waals surface area contributed by atoms with E-state index in [2.05, 4.69) is 40.4 Å². The van der Waals surface area contributed by atoms with Crippen molar-refractivity contribution in [1.29, 1.82) is 0 Å². The summed E-state index contributed by atoms with van der Waals surface area (Å²) < 4.78 is 10.8. The maximum absolute atomic E-state index is 5.58. The lowest BCUT2D eigenvalue weighted by Gasteiger charge is -2.34. The van der Waals surface area contributed by atoms with Crippen LogP contribution in [0.2, 0.25) is 0 Å². The van der Waals surface area contributed by atoms with E-state index in [0.717, 1.165) is 12.3 Å². The van der Waals surface area contributed by atoms with Gasteiger partial charge in [-0.05, 0) is 68.1 Å². The maximum atomic E-state index is 5.58.